The van der Waals surface area contributed by atoms with E-state index in [1.165, 1.54) is 12.7 Å². The van der Waals surface area contributed by atoms with Crippen LogP contribution in [0.3, 0.4) is 0 Å². The number of ether oxygens (including phenoxy) is 3. The molecule has 43 heavy (non-hydrogen) atoms. The van der Waals surface area contributed by atoms with Gasteiger partial charge in [0, 0.05) is 36.4 Å². The monoisotopic (exact) mass is 587 g/mol. The number of carbonyl (C=O) groups is 1. The summed E-state index contributed by atoms with van der Waals surface area (Å²) in [4.78, 5) is 15.2. The fraction of sp³-hybridized carbons (Fsp3) is 0.583. The number of cyclic esters (lactones) is 1. The molecule has 4 aliphatic heterocycles. The molecule has 0 spiro atoms. The molecule has 2 saturated heterocycles. The Morgan fingerprint density at radius 2 is 1.91 bits per heavy atom. The molecule has 0 radical (unpaired) electrons. The van der Waals surface area contributed by atoms with Crippen molar-refractivity contribution in [2.75, 3.05) is 20.3 Å². The van der Waals surface area contributed by atoms with E-state index in [0.29, 0.717) is 35.2 Å². The van der Waals surface area contributed by atoms with Crippen molar-refractivity contribution in [2.45, 2.75) is 76.5 Å². The number of benzene rings is 1. The fourth-order valence-corrected chi connectivity index (χ4v) is 9.56. The summed E-state index contributed by atoms with van der Waals surface area (Å²) in [7, 11) is 1.49. The molecule has 10 atom stereocenters. The van der Waals surface area contributed by atoms with Crippen LogP contribution in [-0.2, 0) is 19.0 Å². The van der Waals surface area contributed by atoms with Gasteiger partial charge >= 0.3 is 5.97 Å². The zero-order valence-corrected chi connectivity index (χ0v) is 25.5. The molecule has 7 nitrogen and oxygen atoms in total. The molecule has 2 N–H and O–H groups in total. The molecule has 230 valence electrons. The third-order valence-corrected chi connectivity index (χ3v) is 11.4. The maximum absolute atomic E-state index is 12.6. The summed E-state index contributed by atoms with van der Waals surface area (Å²) >= 11 is 0. The predicted octanol–water partition coefficient (Wildman–Crippen LogP) is 5.43. The molecular formula is C36H45NO6. The molecule has 1 saturated carbocycles. The maximum atomic E-state index is 12.6. The third-order valence-electron chi connectivity index (χ3n) is 11.4. The van der Waals surface area contributed by atoms with Crippen LogP contribution >= 0.6 is 0 Å². The molecule has 0 amide bonds. The van der Waals surface area contributed by atoms with Gasteiger partial charge in [0.15, 0.2) is 11.5 Å². The standard InChI is InChI=1S/C36H45NO6/c1-20-9-7-12-23(17-20)32(39)31-25-15-14-24(22-10-5-4-6-11-22)26(25)18-28-30-21(2)33(42-29(30)13-8-16-37(28)31)35-34(41-3)27(19-38)36(40)43-35/h4-7,10-13,20-21,23-26,28,30-32,38-39H,8-9,14-19H2,1-3H3. The van der Waals surface area contributed by atoms with Crippen molar-refractivity contribution in [1.29, 1.82) is 0 Å². The Morgan fingerprint density at radius 1 is 1.09 bits per heavy atom. The van der Waals surface area contributed by atoms with Gasteiger partial charge in [-0.15, -0.1) is 0 Å². The normalized spacial score (nSPS) is 39.8. The Hall–Kier alpha value is -2.87. The van der Waals surface area contributed by atoms with Crippen molar-refractivity contribution in [3.8, 4) is 0 Å². The molecule has 2 aliphatic carbocycles. The summed E-state index contributed by atoms with van der Waals surface area (Å²) in [6.07, 6.45) is 12.6. The molecule has 1 aromatic carbocycles. The van der Waals surface area contributed by atoms with Crippen molar-refractivity contribution < 1.29 is 29.2 Å². The Bertz CT molecular complexity index is 1360. The summed E-state index contributed by atoms with van der Waals surface area (Å²) in [5.74, 6) is 3.61. The van der Waals surface area contributed by atoms with E-state index in [1.54, 1.807) is 0 Å². The number of allylic oxidation sites excluding steroid dienone is 2. The Labute approximate surface area is 254 Å². The molecule has 1 aromatic rings. The number of nitrogens with zero attached hydrogens (tertiary/aromatic N) is 1. The highest BCUT2D eigenvalue weighted by Crippen LogP contribution is 2.57. The van der Waals surface area contributed by atoms with Crippen LogP contribution in [0.15, 0.2) is 77.2 Å². The predicted molar refractivity (Wildman–Crippen MR) is 162 cm³/mol. The van der Waals surface area contributed by atoms with Crippen molar-refractivity contribution in [3.63, 3.8) is 0 Å². The zero-order valence-electron chi connectivity index (χ0n) is 25.5. The lowest BCUT2D eigenvalue weighted by atomic mass is 9.67. The van der Waals surface area contributed by atoms with E-state index in [9.17, 15) is 15.0 Å². The van der Waals surface area contributed by atoms with Crippen LogP contribution in [0, 0.1) is 35.5 Å². The summed E-state index contributed by atoms with van der Waals surface area (Å²) in [5.41, 5.74) is 1.54. The minimum Gasteiger partial charge on any atom is -0.492 e. The van der Waals surface area contributed by atoms with E-state index in [4.69, 9.17) is 14.2 Å². The number of methoxy groups -OCH3 is 1. The minimum atomic E-state index is -0.588. The average molecular weight is 588 g/mol. The SMILES string of the molecule is COC1=C(CO)C(=O)OC1=C1OC2=CCCN3C(CC4C(c5ccccc5)CCC4C3C(O)C3C=CCC(C)C3)C2C1C. The van der Waals surface area contributed by atoms with Crippen LogP contribution in [-0.4, -0.2) is 59.5 Å². The summed E-state index contributed by atoms with van der Waals surface area (Å²) < 4.78 is 17.8. The van der Waals surface area contributed by atoms with Crippen LogP contribution < -0.4 is 0 Å². The van der Waals surface area contributed by atoms with E-state index >= 15 is 0 Å². The molecule has 0 bridgehead atoms. The number of fused-ring (bicyclic) bond motifs is 4. The highest BCUT2D eigenvalue weighted by Gasteiger charge is 2.57. The number of piperidine rings is 1. The topological polar surface area (TPSA) is 88.5 Å². The number of aliphatic hydroxyl groups excluding tert-OH is 2. The quantitative estimate of drug-likeness (QED) is 0.351. The fourth-order valence-electron chi connectivity index (χ4n) is 9.56. The number of carbonyl (C=O) groups excluding carboxylic acids is 1. The van der Waals surface area contributed by atoms with E-state index in [0.717, 1.165) is 50.8 Å². The van der Waals surface area contributed by atoms with Gasteiger partial charge in [-0.05, 0) is 73.8 Å². The van der Waals surface area contributed by atoms with Crippen LogP contribution in [0.4, 0.5) is 0 Å². The second-order valence-electron chi connectivity index (χ2n) is 13.7. The Kier molecular flexibility index (Phi) is 7.77. The van der Waals surface area contributed by atoms with Crippen LogP contribution in [0.2, 0.25) is 0 Å². The van der Waals surface area contributed by atoms with Gasteiger partial charge < -0.3 is 24.4 Å². The lowest BCUT2D eigenvalue weighted by molar-refractivity contribution is -0.133. The summed E-state index contributed by atoms with van der Waals surface area (Å²) in [6, 6.07) is 11.2. The highest BCUT2D eigenvalue weighted by atomic mass is 16.6. The molecule has 3 fully saturated rings. The number of rotatable bonds is 5. The van der Waals surface area contributed by atoms with Gasteiger partial charge in [-0.3, -0.25) is 4.90 Å². The second kappa shape index (κ2) is 11.6. The molecular weight excluding hydrogens is 542 g/mol. The number of esters is 1. The van der Waals surface area contributed by atoms with Gasteiger partial charge in [0.05, 0.1) is 19.8 Å². The maximum Gasteiger partial charge on any atom is 0.345 e. The van der Waals surface area contributed by atoms with Gasteiger partial charge in [-0.1, -0.05) is 56.3 Å². The van der Waals surface area contributed by atoms with Gasteiger partial charge in [-0.2, -0.15) is 0 Å². The second-order valence-corrected chi connectivity index (χ2v) is 13.7. The third kappa shape index (κ3) is 4.79. The van der Waals surface area contributed by atoms with Gasteiger partial charge in [0.1, 0.15) is 11.3 Å². The van der Waals surface area contributed by atoms with E-state index in [2.05, 4.69) is 67.3 Å². The number of hydrogen-bond acceptors (Lipinski definition) is 7. The molecule has 4 heterocycles. The van der Waals surface area contributed by atoms with Crippen molar-refractivity contribution in [3.05, 3.63) is 82.7 Å². The Morgan fingerprint density at radius 3 is 2.65 bits per heavy atom. The first-order chi connectivity index (χ1) is 20.9. The molecule has 6 aliphatic rings. The molecule has 10 unspecified atom stereocenters. The lowest BCUT2D eigenvalue weighted by Gasteiger charge is -2.53. The summed E-state index contributed by atoms with van der Waals surface area (Å²) in [5, 5.41) is 22.1. The first-order valence-corrected chi connectivity index (χ1v) is 16.3. The zero-order chi connectivity index (χ0) is 29.8. The highest BCUT2D eigenvalue weighted by molar-refractivity contribution is 5.94. The van der Waals surface area contributed by atoms with Gasteiger partial charge in [-0.25, -0.2) is 4.79 Å². The first kappa shape index (κ1) is 28.9. The Balaban J connectivity index is 1.28. The van der Waals surface area contributed by atoms with Crippen LogP contribution in [0.1, 0.15) is 63.9 Å². The molecule has 7 heteroatoms. The number of hydrogen-bond donors (Lipinski definition) is 2. The van der Waals surface area contributed by atoms with Crippen LogP contribution in [0.25, 0.3) is 0 Å². The smallest absolute Gasteiger partial charge is 0.345 e. The minimum absolute atomic E-state index is 0.0634. The van der Waals surface area contributed by atoms with Crippen molar-refractivity contribution in [1.82, 2.24) is 4.90 Å². The largest absolute Gasteiger partial charge is 0.492 e. The van der Waals surface area contributed by atoms with Crippen LogP contribution in [0.5, 0.6) is 0 Å². The van der Waals surface area contributed by atoms with Gasteiger partial charge in [0.2, 0.25) is 5.76 Å². The van der Waals surface area contributed by atoms with E-state index in [1.807, 2.05) is 0 Å². The van der Waals surface area contributed by atoms with E-state index in [-0.39, 0.29) is 41.2 Å². The van der Waals surface area contributed by atoms with Gasteiger partial charge in [0.25, 0.3) is 0 Å². The van der Waals surface area contributed by atoms with Crippen molar-refractivity contribution >= 4 is 5.97 Å². The first-order valence-electron chi connectivity index (χ1n) is 16.3. The van der Waals surface area contributed by atoms with Crippen molar-refractivity contribution in [2.24, 2.45) is 35.5 Å². The molecule has 7 rings (SSSR count). The number of aliphatic hydroxyl groups is 2. The summed E-state index contributed by atoms with van der Waals surface area (Å²) in [6.45, 7) is 4.90. The molecule has 0 aromatic heterocycles. The van der Waals surface area contributed by atoms with E-state index < -0.39 is 18.7 Å². The average Bonchev–Trinajstić information content (AvgIpc) is 3.64. The lowest BCUT2D eigenvalue weighted by Crippen LogP contribution is -2.61.